The molecule has 0 spiro atoms. The number of carbonyl (C=O) groups is 1. The number of hydrogen-bond acceptors (Lipinski definition) is 1. The first kappa shape index (κ1) is 10.8. The number of carbonyl (C=O) groups excluding carboxylic acids is 1. The van der Waals surface area contributed by atoms with Gasteiger partial charge in [-0.2, -0.15) is 0 Å². The van der Waals surface area contributed by atoms with Gasteiger partial charge in [0.2, 0.25) is 5.91 Å². The Bertz CT molecular complexity index is 719. The van der Waals surface area contributed by atoms with E-state index in [1.165, 1.54) is 27.8 Å². The SMILES string of the molecule is CC(=O)N1Cc2cccc3c2C1(C)c1ccccc1-3. The van der Waals surface area contributed by atoms with Crippen LogP contribution in [0.5, 0.6) is 0 Å². The molecule has 19 heavy (non-hydrogen) atoms. The van der Waals surface area contributed by atoms with Gasteiger partial charge < -0.3 is 4.90 Å². The number of rotatable bonds is 0. The van der Waals surface area contributed by atoms with Crippen molar-refractivity contribution in [2.45, 2.75) is 25.9 Å². The van der Waals surface area contributed by atoms with Gasteiger partial charge in [0, 0.05) is 13.5 Å². The molecule has 2 aliphatic rings. The summed E-state index contributed by atoms with van der Waals surface area (Å²) in [6, 6.07) is 14.9. The fourth-order valence-corrected chi connectivity index (χ4v) is 3.84. The van der Waals surface area contributed by atoms with Gasteiger partial charge in [-0.25, -0.2) is 0 Å². The fraction of sp³-hybridized carbons (Fsp3) is 0.235. The molecule has 4 rings (SSSR count). The van der Waals surface area contributed by atoms with Gasteiger partial charge in [0.1, 0.15) is 0 Å². The van der Waals surface area contributed by atoms with E-state index in [2.05, 4.69) is 49.4 Å². The second-order valence-corrected chi connectivity index (χ2v) is 5.56. The monoisotopic (exact) mass is 249 g/mol. The number of fused-ring (bicyclic) bond motifs is 3. The van der Waals surface area contributed by atoms with Gasteiger partial charge in [-0.3, -0.25) is 4.79 Å². The highest BCUT2D eigenvalue weighted by molar-refractivity contribution is 5.87. The minimum atomic E-state index is -0.283. The lowest BCUT2D eigenvalue weighted by Gasteiger charge is -2.33. The van der Waals surface area contributed by atoms with Crippen molar-refractivity contribution in [1.29, 1.82) is 0 Å². The molecule has 1 amide bonds. The lowest BCUT2D eigenvalue weighted by Crippen LogP contribution is -2.41. The quantitative estimate of drug-likeness (QED) is 0.701. The zero-order valence-corrected chi connectivity index (χ0v) is 11.1. The molecule has 0 saturated heterocycles. The van der Waals surface area contributed by atoms with Crippen molar-refractivity contribution in [2.24, 2.45) is 0 Å². The third-order valence-corrected chi connectivity index (χ3v) is 4.63. The second kappa shape index (κ2) is 3.27. The van der Waals surface area contributed by atoms with Crippen LogP contribution in [0.4, 0.5) is 0 Å². The summed E-state index contributed by atoms with van der Waals surface area (Å²) in [6.45, 7) is 4.57. The van der Waals surface area contributed by atoms with E-state index in [-0.39, 0.29) is 11.4 Å². The van der Waals surface area contributed by atoms with Crippen LogP contribution in [0.3, 0.4) is 0 Å². The molecule has 2 heteroatoms. The molecular formula is C17H15NO. The first-order chi connectivity index (χ1) is 9.14. The van der Waals surface area contributed by atoms with Gasteiger partial charge in [0.15, 0.2) is 0 Å². The van der Waals surface area contributed by atoms with Crippen LogP contribution < -0.4 is 0 Å². The molecule has 2 aromatic rings. The topological polar surface area (TPSA) is 20.3 Å². The summed E-state index contributed by atoms with van der Waals surface area (Å²) in [5.41, 5.74) is 6.14. The lowest BCUT2D eigenvalue weighted by atomic mass is 9.89. The molecule has 1 aliphatic carbocycles. The van der Waals surface area contributed by atoms with Crippen molar-refractivity contribution in [1.82, 2.24) is 4.90 Å². The van der Waals surface area contributed by atoms with E-state index in [0.29, 0.717) is 0 Å². The van der Waals surface area contributed by atoms with Crippen LogP contribution in [-0.4, -0.2) is 10.8 Å². The average Bonchev–Trinajstić information content (AvgIpc) is 2.86. The minimum absolute atomic E-state index is 0.140. The summed E-state index contributed by atoms with van der Waals surface area (Å²) in [5.74, 6) is 0.140. The molecule has 1 unspecified atom stereocenters. The van der Waals surface area contributed by atoms with Crippen molar-refractivity contribution in [3.8, 4) is 11.1 Å². The molecule has 0 N–H and O–H groups in total. The van der Waals surface area contributed by atoms with Crippen molar-refractivity contribution >= 4 is 5.91 Å². The van der Waals surface area contributed by atoms with Crippen molar-refractivity contribution in [3.05, 3.63) is 59.2 Å². The highest BCUT2D eigenvalue weighted by atomic mass is 16.2. The Morgan fingerprint density at radius 3 is 2.63 bits per heavy atom. The summed E-state index contributed by atoms with van der Waals surface area (Å²) < 4.78 is 0. The first-order valence-electron chi connectivity index (χ1n) is 6.64. The summed E-state index contributed by atoms with van der Waals surface area (Å²) in [5, 5.41) is 0. The number of nitrogens with zero attached hydrogens (tertiary/aromatic N) is 1. The molecule has 94 valence electrons. The number of amides is 1. The van der Waals surface area contributed by atoms with Crippen LogP contribution >= 0.6 is 0 Å². The Balaban J connectivity index is 2.13. The summed E-state index contributed by atoms with van der Waals surface area (Å²) in [4.78, 5) is 14.0. The highest BCUT2D eigenvalue weighted by Gasteiger charge is 2.50. The van der Waals surface area contributed by atoms with E-state index in [4.69, 9.17) is 0 Å². The predicted molar refractivity (Wildman–Crippen MR) is 74.6 cm³/mol. The summed E-state index contributed by atoms with van der Waals surface area (Å²) >= 11 is 0. The number of benzene rings is 2. The first-order valence-corrected chi connectivity index (χ1v) is 6.64. The zero-order valence-electron chi connectivity index (χ0n) is 11.1. The Labute approximate surface area is 112 Å². The molecule has 0 saturated carbocycles. The molecule has 2 aromatic carbocycles. The molecule has 0 fully saturated rings. The van der Waals surface area contributed by atoms with Crippen LogP contribution in [-0.2, 0) is 16.9 Å². The zero-order chi connectivity index (χ0) is 13.2. The molecule has 1 heterocycles. The van der Waals surface area contributed by atoms with E-state index < -0.39 is 0 Å². The largest absolute Gasteiger partial charge is 0.325 e. The van der Waals surface area contributed by atoms with Crippen molar-refractivity contribution in [3.63, 3.8) is 0 Å². The van der Waals surface area contributed by atoms with Gasteiger partial charge in [0.25, 0.3) is 0 Å². The van der Waals surface area contributed by atoms with E-state index in [1.54, 1.807) is 6.92 Å². The molecule has 1 aliphatic heterocycles. The van der Waals surface area contributed by atoms with Gasteiger partial charge in [-0.05, 0) is 34.7 Å². The molecule has 2 nitrogen and oxygen atoms in total. The Kier molecular flexibility index (Phi) is 1.86. The van der Waals surface area contributed by atoms with Crippen molar-refractivity contribution in [2.75, 3.05) is 0 Å². The Morgan fingerprint density at radius 2 is 1.84 bits per heavy atom. The Hall–Kier alpha value is -2.09. The van der Waals surface area contributed by atoms with Gasteiger partial charge >= 0.3 is 0 Å². The van der Waals surface area contributed by atoms with E-state index in [1.807, 2.05) is 4.90 Å². The fourth-order valence-electron chi connectivity index (χ4n) is 3.84. The molecular weight excluding hydrogens is 234 g/mol. The average molecular weight is 249 g/mol. The minimum Gasteiger partial charge on any atom is -0.325 e. The maximum atomic E-state index is 12.0. The lowest BCUT2D eigenvalue weighted by molar-refractivity contribution is -0.133. The van der Waals surface area contributed by atoms with Crippen LogP contribution in [0.15, 0.2) is 42.5 Å². The predicted octanol–water partition coefficient (Wildman–Crippen LogP) is 3.29. The molecule has 0 aromatic heterocycles. The molecule has 1 atom stereocenters. The molecule has 0 radical (unpaired) electrons. The van der Waals surface area contributed by atoms with Crippen LogP contribution in [0, 0.1) is 0 Å². The standard InChI is InChI=1S/C17H15NO/c1-11(19)18-10-12-6-5-8-14-13-7-3-4-9-15(13)17(18,2)16(12)14/h3-9H,10H2,1-2H3. The summed E-state index contributed by atoms with van der Waals surface area (Å²) in [6.07, 6.45) is 0. The Morgan fingerprint density at radius 1 is 1.11 bits per heavy atom. The third-order valence-electron chi connectivity index (χ3n) is 4.63. The smallest absolute Gasteiger partial charge is 0.220 e. The third kappa shape index (κ3) is 1.10. The van der Waals surface area contributed by atoms with E-state index >= 15 is 0 Å². The second-order valence-electron chi connectivity index (χ2n) is 5.56. The summed E-state index contributed by atoms with van der Waals surface area (Å²) in [7, 11) is 0. The van der Waals surface area contributed by atoms with E-state index in [9.17, 15) is 4.79 Å². The maximum Gasteiger partial charge on any atom is 0.220 e. The van der Waals surface area contributed by atoms with Gasteiger partial charge in [-0.15, -0.1) is 0 Å². The maximum absolute atomic E-state index is 12.0. The number of hydrogen-bond donors (Lipinski definition) is 0. The molecule has 0 bridgehead atoms. The van der Waals surface area contributed by atoms with Crippen LogP contribution in [0.1, 0.15) is 30.5 Å². The van der Waals surface area contributed by atoms with Crippen LogP contribution in [0.25, 0.3) is 11.1 Å². The van der Waals surface area contributed by atoms with Crippen molar-refractivity contribution < 1.29 is 4.79 Å². The van der Waals surface area contributed by atoms with Crippen LogP contribution in [0.2, 0.25) is 0 Å². The normalized spacial score (nSPS) is 22.3. The van der Waals surface area contributed by atoms with E-state index in [0.717, 1.165) is 6.54 Å². The van der Waals surface area contributed by atoms with Gasteiger partial charge in [-0.1, -0.05) is 42.5 Å². The highest BCUT2D eigenvalue weighted by Crippen LogP contribution is 2.55. The van der Waals surface area contributed by atoms with Gasteiger partial charge in [0.05, 0.1) is 5.54 Å².